The van der Waals surface area contributed by atoms with Crippen molar-refractivity contribution >= 4 is 27.5 Å². The number of carbonyl (C=O) groups is 2. The number of hydrogen-bond donors (Lipinski definition) is 3. The lowest BCUT2D eigenvalue weighted by atomic mass is 10.2. The number of nitrogens with zero attached hydrogens (tertiary/aromatic N) is 1. The molecule has 2 amide bonds. The van der Waals surface area contributed by atoms with Gasteiger partial charge in [0.15, 0.2) is 0 Å². The van der Waals surface area contributed by atoms with Gasteiger partial charge in [-0.05, 0) is 74.5 Å². The average Bonchev–Trinajstić information content (AvgIpc) is 2.84. The van der Waals surface area contributed by atoms with Gasteiger partial charge < -0.3 is 9.47 Å². The minimum absolute atomic E-state index is 0.0716. The Balaban J connectivity index is 1.60. The Morgan fingerprint density at radius 3 is 2.15 bits per heavy atom. The molecule has 3 N–H and O–H groups in total. The van der Waals surface area contributed by atoms with E-state index >= 15 is 0 Å². The van der Waals surface area contributed by atoms with Gasteiger partial charge in [-0.2, -0.15) is 0 Å². The minimum Gasteiger partial charge on any atom is -0.494 e. The third-order valence-electron chi connectivity index (χ3n) is 4.43. The van der Waals surface area contributed by atoms with Crippen molar-refractivity contribution in [3.05, 3.63) is 78.0 Å². The van der Waals surface area contributed by atoms with E-state index in [0.29, 0.717) is 19.0 Å². The van der Waals surface area contributed by atoms with Gasteiger partial charge in [0.05, 0.1) is 18.1 Å². The molecular formula is C23H24N4O6S. The Morgan fingerprint density at radius 2 is 1.50 bits per heavy atom. The summed E-state index contributed by atoms with van der Waals surface area (Å²) in [5.41, 5.74) is 5.26. The first-order chi connectivity index (χ1) is 16.3. The van der Waals surface area contributed by atoms with Crippen molar-refractivity contribution < 1.29 is 27.5 Å². The highest BCUT2D eigenvalue weighted by Gasteiger charge is 2.16. The number of nitrogens with one attached hydrogen (secondary N) is 3. The number of hydrazine groups is 1. The van der Waals surface area contributed by atoms with Crippen LogP contribution in [0.3, 0.4) is 0 Å². The SMILES string of the molecule is CCOc1ccc(S(=O)(=O)Nc2ccc(C(=O)NNC(=O)c3cccnc3OCC)cc2)cc1. The van der Waals surface area contributed by atoms with Gasteiger partial charge in [-0.15, -0.1) is 0 Å². The van der Waals surface area contributed by atoms with Gasteiger partial charge in [-0.25, -0.2) is 13.4 Å². The molecule has 0 saturated heterocycles. The van der Waals surface area contributed by atoms with E-state index in [-0.39, 0.29) is 27.6 Å². The molecule has 2 aromatic carbocycles. The van der Waals surface area contributed by atoms with E-state index in [1.807, 2.05) is 6.92 Å². The van der Waals surface area contributed by atoms with E-state index in [4.69, 9.17) is 9.47 Å². The summed E-state index contributed by atoms with van der Waals surface area (Å²) >= 11 is 0. The fraction of sp³-hybridized carbons (Fsp3) is 0.174. The van der Waals surface area contributed by atoms with Crippen LogP contribution >= 0.6 is 0 Å². The lowest BCUT2D eigenvalue weighted by Gasteiger charge is -2.11. The highest BCUT2D eigenvalue weighted by molar-refractivity contribution is 7.92. The van der Waals surface area contributed by atoms with Crippen LogP contribution in [0.15, 0.2) is 71.8 Å². The second kappa shape index (κ2) is 11.1. The highest BCUT2D eigenvalue weighted by atomic mass is 32.2. The molecule has 3 aromatic rings. The van der Waals surface area contributed by atoms with Crippen molar-refractivity contribution in [2.75, 3.05) is 17.9 Å². The van der Waals surface area contributed by atoms with Gasteiger partial charge in [0, 0.05) is 17.4 Å². The molecule has 11 heteroatoms. The lowest BCUT2D eigenvalue weighted by molar-refractivity contribution is 0.0844. The Kier molecular flexibility index (Phi) is 8.04. The molecule has 1 aromatic heterocycles. The normalized spacial score (nSPS) is 10.8. The van der Waals surface area contributed by atoms with Crippen molar-refractivity contribution in [2.45, 2.75) is 18.7 Å². The maximum atomic E-state index is 12.6. The quantitative estimate of drug-likeness (QED) is 0.397. The fourth-order valence-electron chi connectivity index (χ4n) is 2.85. The number of amides is 2. The number of sulfonamides is 1. The van der Waals surface area contributed by atoms with E-state index in [9.17, 15) is 18.0 Å². The summed E-state index contributed by atoms with van der Waals surface area (Å²) in [5, 5.41) is 0. The summed E-state index contributed by atoms with van der Waals surface area (Å²) in [7, 11) is -3.82. The molecule has 0 bridgehead atoms. The Hall–Kier alpha value is -4.12. The number of pyridine rings is 1. The molecule has 0 atom stereocenters. The predicted octanol–water partition coefficient (Wildman–Crippen LogP) is 2.75. The van der Waals surface area contributed by atoms with Crippen molar-refractivity contribution in [2.24, 2.45) is 0 Å². The summed E-state index contributed by atoms with van der Waals surface area (Å²) in [5.74, 6) is -0.455. The zero-order valence-electron chi connectivity index (χ0n) is 18.6. The molecule has 0 unspecified atom stereocenters. The summed E-state index contributed by atoms with van der Waals surface area (Å²) in [4.78, 5) is 28.8. The lowest BCUT2D eigenvalue weighted by Crippen LogP contribution is -2.41. The van der Waals surface area contributed by atoms with Crippen LogP contribution in [-0.2, 0) is 10.0 Å². The van der Waals surface area contributed by atoms with E-state index in [1.165, 1.54) is 48.7 Å². The number of aromatic nitrogens is 1. The Labute approximate surface area is 197 Å². The van der Waals surface area contributed by atoms with Crippen LogP contribution in [0.4, 0.5) is 5.69 Å². The molecule has 0 aliphatic carbocycles. The van der Waals surface area contributed by atoms with E-state index in [0.717, 1.165) is 0 Å². The minimum atomic E-state index is -3.82. The topological polar surface area (TPSA) is 136 Å². The number of rotatable bonds is 9. The van der Waals surface area contributed by atoms with E-state index in [2.05, 4.69) is 20.6 Å². The molecule has 3 rings (SSSR count). The number of ether oxygens (including phenoxy) is 2. The summed E-state index contributed by atoms with van der Waals surface area (Å²) in [6.07, 6.45) is 1.49. The maximum Gasteiger partial charge on any atom is 0.275 e. The first-order valence-corrected chi connectivity index (χ1v) is 11.9. The van der Waals surface area contributed by atoms with E-state index in [1.54, 1.807) is 25.1 Å². The second-order valence-corrected chi connectivity index (χ2v) is 8.47. The monoisotopic (exact) mass is 484 g/mol. The summed E-state index contributed by atoms with van der Waals surface area (Å²) < 4.78 is 38.2. The van der Waals surface area contributed by atoms with Crippen LogP contribution < -0.4 is 25.0 Å². The molecule has 0 spiro atoms. The first-order valence-electron chi connectivity index (χ1n) is 10.4. The predicted molar refractivity (Wildman–Crippen MR) is 125 cm³/mol. The van der Waals surface area contributed by atoms with Crippen molar-refractivity contribution in [1.29, 1.82) is 0 Å². The van der Waals surface area contributed by atoms with Gasteiger partial charge in [-0.1, -0.05) is 0 Å². The van der Waals surface area contributed by atoms with Crippen LogP contribution in [0, 0.1) is 0 Å². The van der Waals surface area contributed by atoms with Gasteiger partial charge in [-0.3, -0.25) is 25.2 Å². The third-order valence-corrected chi connectivity index (χ3v) is 5.83. The Morgan fingerprint density at radius 1 is 0.853 bits per heavy atom. The number of carbonyl (C=O) groups excluding carboxylic acids is 2. The number of hydrogen-bond acceptors (Lipinski definition) is 7. The van der Waals surface area contributed by atoms with Crippen LogP contribution in [0.1, 0.15) is 34.6 Å². The first kappa shape index (κ1) is 24.5. The molecule has 0 saturated carbocycles. The average molecular weight is 485 g/mol. The molecular weight excluding hydrogens is 460 g/mol. The van der Waals surface area contributed by atoms with E-state index < -0.39 is 21.8 Å². The molecule has 178 valence electrons. The molecule has 0 aliphatic heterocycles. The Bertz CT molecular complexity index is 1250. The van der Waals surface area contributed by atoms with Gasteiger partial charge in [0.2, 0.25) is 5.88 Å². The zero-order chi connectivity index (χ0) is 24.6. The van der Waals surface area contributed by atoms with Crippen LogP contribution in [0.25, 0.3) is 0 Å². The van der Waals surface area contributed by atoms with Crippen molar-refractivity contribution in [1.82, 2.24) is 15.8 Å². The zero-order valence-corrected chi connectivity index (χ0v) is 19.4. The van der Waals surface area contributed by atoms with Crippen LogP contribution in [0.5, 0.6) is 11.6 Å². The molecule has 34 heavy (non-hydrogen) atoms. The molecule has 0 radical (unpaired) electrons. The molecule has 0 aliphatic rings. The van der Waals surface area contributed by atoms with Gasteiger partial charge in [0.1, 0.15) is 11.3 Å². The number of anilines is 1. The molecule has 1 heterocycles. The maximum absolute atomic E-state index is 12.6. The van der Waals surface area contributed by atoms with Crippen LogP contribution in [-0.4, -0.2) is 38.4 Å². The van der Waals surface area contributed by atoms with Crippen molar-refractivity contribution in [3.63, 3.8) is 0 Å². The summed E-state index contributed by atoms with van der Waals surface area (Å²) in [6.45, 7) is 4.41. The standard InChI is InChI=1S/C23H24N4O6S/c1-3-32-18-11-13-19(14-12-18)34(30,31)27-17-9-7-16(8-10-17)21(28)25-26-22(29)20-6-5-15-24-23(20)33-4-2/h5-15,27H,3-4H2,1-2H3,(H,25,28)(H,26,29). The summed E-state index contributed by atoms with van der Waals surface area (Å²) in [6, 6.07) is 14.9. The second-order valence-electron chi connectivity index (χ2n) is 6.78. The van der Waals surface area contributed by atoms with Gasteiger partial charge >= 0.3 is 0 Å². The van der Waals surface area contributed by atoms with Gasteiger partial charge in [0.25, 0.3) is 21.8 Å². The highest BCUT2D eigenvalue weighted by Crippen LogP contribution is 2.20. The molecule has 0 fully saturated rings. The van der Waals surface area contributed by atoms with Crippen LogP contribution in [0.2, 0.25) is 0 Å². The molecule has 10 nitrogen and oxygen atoms in total. The smallest absolute Gasteiger partial charge is 0.275 e. The van der Waals surface area contributed by atoms with Crippen molar-refractivity contribution in [3.8, 4) is 11.6 Å². The third kappa shape index (κ3) is 6.23. The number of benzene rings is 2. The largest absolute Gasteiger partial charge is 0.494 e. The fourth-order valence-corrected chi connectivity index (χ4v) is 3.91.